The van der Waals surface area contributed by atoms with Gasteiger partial charge in [0.2, 0.25) is 5.91 Å². The van der Waals surface area contributed by atoms with E-state index in [1.807, 2.05) is 0 Å². The molecule has 0 bridgehead atoms. The Morgan fingerprint density at radius 3 is 2.32 bits per heavy atom. The van der Waals surface area contributed by atoms with Gasteiger partial charge < -0.3 is 9.80 Å². The van der Waals surface area contributed by atoms with Crippen LogP contribution in [0, 0.1) is 11.8 Å². The van der Waals surface area contributed by atoms with Crippen LogP contribution >= 0.6 is 0 Å². The highest BCUT2D eigenvalue weighted by Crippen LogP contribution is 2.19. The summed E-state index contributed by atoms with van der Waals surface area (Å²) >= 11 is 0. The molecule has 0 aromatic carbocycles. The first-order chi connectivity index (χ1) is 9.10. The highest BCUT2D eigenvalue weighted by atomic mass is 16.2. The molecule has 110 valence electrons. The van der Waals surface area contributed by atoms with Crippen molar-refractivity contribution in [2.75, 3.05) is 52.4 Å². The minimum Gasteiger partial charge on any atom is -0.340 e. The number of nitrogens with zero attached hydrogens (tertiary/aromatic N) is 3. The van der Waals surface area contributed by atoms with Crippen LogP contribution in [0.25, 0.3) is 0 Å². The summed E-state index contributed by atoms with van der Waals surface area (Å²) in [6, 6.07) is 0. The van der Waals surface area contributed by atoms with Crippen LogP contribution in [0.2, 0.25) is 0 Å². The largest absolute Gasteiger partial charge is 0.340 e. The molecule has 0 unspecified atom stereocenters. The second-order valence-corrected chi connectivity index (χ2v) is 6.40. The smallest absolute Gasteiger partial charge is 0.227 e. The predicted molar refractivity (Wildman–Crippen MR) is 78.1 cm³/mol. The molecule has 2 saturated heterocycles. The Balaban J connectivity index is 1.76. The van der Waals surface area contributed by atoms with Crippen LogP contribution in [-0.2, 0) is 4.79 Å². The Hall–Kier alpha value is -0.610. The average molecular weight is 267 g/mol. The highest BCUT2D eigenvalue weighted by Gasteiger charge is 2.32. The van der Waals surface area contributed by atoms with Gasteiger partial charge in [-0.1, -0.05) is 20.8 Å². The van der Waals surface area contributed by atoms with E-state index < -0.39 is 0 Å². The maximum Gasteiger partial charge on any atom is 0.227 e. The van der Waals surface area contributed by atoms with Gasteiger partial charge in [-0.3, -0.25) is 9.69 Å². The summed E-state index contributed by atoms with van der Waals surface area (Å²) in [7, 11) is 0. The zero-order chi connectivity index (χ0) is 13.8. The van der Waals surface area contributed by atoms with Crippen molar-refractivity contribution in [3.05, 3.63) is 0 Å². The lowest BCUT2D eigenvalue weighted by Crippen LogP contribution is -2.51. The number of piperazine rings is 1. The van der Waals surface area contributed by atoms with E-state index in [1.54, 1.807) is 0 Å². The van der Waals surface area contributed by atoms with Crippen LogP contribution in [0.1, 0.15) is 27.2 Å². The summed E-state index contributed by atoms with van der Waals surface area (Å²) in [5.41, 5.74) is 0. The van der Waals surface area contributed by atoms with Crippen molar-refractivity contribution in [2.45, 2.75) is 27.2 Å². The van der Waals surface area contributed by atoms with Gasteiger partial charge in [0.05, 0.1) is 5.92 Å². The first kappa shape index (κ1) is 14.8. The number of likely N-dealkylation sites (tertiary alicyclic amines) is 1. The lowest BCUT2D eigenvalue weighted by atomic mass is 10.1. The Kier molecular flexibility index (Phi) is 5.22. The molecule has 0 aromatic rings. The van der Waals surface area contributed by atoms with Crippen molar-refractivity contribution < 1.29 is 4.79 Å². The molecule has 2 fully saturated rings. The van der Waals surface area contributed by atoms with Crippen molar-refractivity contribution >= 4 is 5.91 Å². The maximum atomic E-state index is 12.5. The zero-order valence-corrected chi connectivity index (χ0v) is 12.8. The van der Waals surface area contributed by atoms with Gasteiger partial charge >= 0.3 is 0 Å². The molecule has 2 aliphatic heterocycles. The molecule has 0 saturated carbocycles. The van der Waals surface area contributed by atoms with E-state index in [4.69, 9.17) is 0 Å². The second-order valence-electron chi connectivity index (χ2n) is 6.40. The molecular weight excluding hydrogens is 238 g/mol. The Morgan fingerprint density at radius 1 is 1.11 bits per heavy atom. The molecule has 19 heavy (non-hydrogen) atoms. The maximum absolute atomic E-state index is 12.5. The van der Waals surface area contributed by atoms with E-state index in [9.17, 15) is 4.79 Å². The summed E-state index contributed by atoms with van der Waals surface area (Å²) in [4.78, 5) is 19.4. The summed E-state index contributed by atoms with van der Waals surface area (Å²) in [6.07, 6.45) is 1.05. The summed E-state index contributed by atoms with van der Waals surface area (Å²) < 4.78 is 0. The fourth-order valence-electron chi connectivity index (χ4n) is 3.25. The van der Waals surface area contributed by atoms with E-state index in [0.717, 1.165) is 64.7 Å². The molecule has 0 spiro atoms. The van der Waals surface area contributed by atoms with Gasteiger partial charge in [0.25, 0.3) is 0 Å². The van der Waals surface area contributed by atoms with Gasteiger partial charge in [-0.2, -0.15) is 0 Å². The molecule has 0 aliphatic carbocycles. The first-order valence-corrected chi connectivity index (χ1v) is 7.83. The van der Waals surface area contributed by atoms with E-state index in [0.29, 0.717) is 5.91 Å². The van der Waals surface area contributed by atoms with E-state index in [-0.39, 0.29) is 5.92 Å². The van der Waals surface area contributed by atoms with Crippen LogP contribution in [-0.4, -0.2) is 73.0 Å². The van der Waals surface area contributed by atoms with E-state index in [1.165, 1.54) is 0 Å². The average Bonchev–Trinajstić information content (AvgIpc) is 2.87. The van der Waals surface area contributed by atoms with Crippen molar-refractivity contribution in [1.29, 1.82) is 0 Å². The molecule has 2 rings (SSSR count). The molecule has 0 N–H and O–H groups in total. The van der Waals surface area contributed by atoms with E-state index >= 15 is 0 Å². The molecule has 0 aromatic heterocycles. The second kappa shape index (κ2) is 6.71. The van der Waals surface area contributed by atoms with Gasteiger partial charge in [0, 0.05) is 39.3 Å². The summed E-state index contributed by atoms with van der Waals surface area (Å²) in [5.74, 6) is 1.38. The van der Waals surface area contributed by atoms with Crippen LogP contribution in [0.3, 0.4) is 0 Å². The van der Waals surface area contributed by atoms with Crippen molar-refractivity contribution in [2.24, 2.45) is 11.8 Å². The van der Waals surface area contributed by atoms with E-state index in [2.05, 4.69) is 35.5 Å². The first-order valence-electron chi connectivity index (χ1n) is 7.83. The number of hydrogen-bond donors (Lipinski definition) is 0. The molecular formula is C15H29N3O. The summed E-state index contributed by atoms with van der Waals surface area (Å²) in [5, 5.41) is 0. The topological polar surface area (TPSA) is 26.8 Å². The molecule has 1 amide bonds. The molecule has 0 radical (unpaired) electrons. The third-order valence-electron chi connectivity index (χ3n) is 4.38. The normalized spacial score (nSPS) is 26.3. The van der Waals surface area contributed by atoms with Gasteiger partial charge in [0.15, 0.2) is 0 Å². The standard InChI is InChI=1S/C15H29N3O/c1-4-16-6-5-14(12-16)15(19)18-9-7-17(8-10-18)11-13(2)3/h13-14H,4-12H2,1-3H3/t14-/m0/s1. The van der Waals surface area contributed by atoms with Crippen LogP contribution in [0.5, 0.6) is 0 Å². The lowest BCUT2D eigenvalue weighted by Gasteiger charge is -2.36. The molecule has 2 aliphatic rings. The van der Waals surface area contributed by atoms with Gasteiger partial charge in [-0.05, 0) is 25.4 Å². The van der Waals surface area contributed by atoms with Crippen molar-refractivity contribution in [3.8, 4) is 0 Å². The minimum absolute atomic E-state index is 0.261. The minimum atomic E-state index is 0.261. The Morgan fingerprint density at radius 2 is 1.79 bits per heavy atom. The predicted octanol–water partition coefficient (Wildman–Crippen LogP) is 1.13. The van der Waals surface area contributed by atoms with Crippen LogP contribution in [0.15, 0.2) is 0 Å². The summed E-state index contributed by atoms with van der Waals surface area (Å²) in [6.45, 7) is 15.0. The van der Waals surface area contributed by atoms with Crippen LogP contribution in [0.4, 0.5) is 0 Å². The zero-order valence-electron chi connectivity index (χ0n) is 12.8. The van der Waals surface area contributed by atoms with Crippen molar-refractivity contribution in [1.82, 2.24) is 14.7 Å². The molecule has 4 nitrogen and oxygen atoms in total. The van der Waals surface area contributed by atoms with Gasteiger partial charge in [-0.25, -0.2) is 0 Å². The lowest BCUT2D eigenvalue weighted by molar-refractivity contribution is -0.136. The van der Waals surface area contributed by atoms with Gasteiger partial charge in [0.1, 0.15) is 0 Å². The third-order valence-corrected chi connectivity index (χ3v) is 4.38. The number of amides is 1. The monoisotopic (exact) mass is 267 g/mol. The van der Waals surface area contributed by atoms with Crippen LogP contribution < -0.4 is 0 Å². The number of rotatable bonds is 4. The quantitative estimate of drug-likeness (QED) is 0.764. The number of carbonyl (C=O) groups is 1. The highest BCUT2D eigenvalue weighted by molar-refractivity contribution is 5.79. The Labute approximate surface area is 117 Å². The SMILES string of the molecule is CCN1CC[C@H](C(=O)N2CCN(CC(C)C)CC2)C1. The Bertz CT molecular complexity index is 298. The number of hydrogen-bond acceptors (Lipinski definition) is 3. The van der Waals surface area contributed by atoms with Gasteiger partial charge in [-0.15, -0.1) is 0 Å². The fraction of sp³-hybridized carbons (Fsp3) is 0.933. The molecule has 2 heterocycles. The number of carbonyl (C=O) groups excluding carboxylic acids is 1. The van der Waals surface area contributed by atoms with Crippen molar-refractivity contribution in [3.63, 3.8) is 0 Å². The molecule has 4 heteroatoms. The molecule has 1 atom stereocenters. The fourth-order valence-corrected chi connectivity index (χ4v) is 3.25. The third kappa shape index (κ3) is 3.93.